The first kappa shape index (κ1) is 6.10. The third kappa shape index (κ3) is 1.43. The molecule has 0 unspecified atom stereocenters. The molecule has 9 heavy (non-hydrogen) atoms. The van der Waals surface area contributed by atoms with Gasteiger partial charge in [-0.25, -0.2) is 0 Å². The van der Waals surface area contributed by atoms with Crippen molar-refractivity contribution in [3.05, 3.63) is 11.4 Å². The summed E-state index contributed by atoms with van der Waals surface area (Å²) in [5.74, 6) is 0. The first-order chi connectivity index (χ1) is 4.33. The first-order valence-corrected chi connectivity index (χ1v) is 3.12. The minimum atomic E-state index is 0.595. The number of nitrogens with two attached hydrogens (primary N) is 1. The molecule has 0 saturated heterocycles. The van der Waals surface area contributed by atoms with Crippen LogP contribution in [0, 0.1) is 5.38 Å². The molecule has 1 aromatic rings. The normalized spacial score (nSPS) is 8.89. The van der Waals surface area contributed by atoms with E-state index < -0.39 is 0 Å². The van der Waals surface area contributed by atoms with Gasteiger partial charge in [0, 0.05) is 0 Å². The van der Waals surface area contributed by atoms with Gasteiger partial charge in [-0.3, -0.25) is 4.79 Å². The number of rotatable bonds is 2. The van der Waals surface area contributed by atoms with E-state index in [4.69, 9.17) is 5.73 Å². The van der Waals surface area contributed by atoms with Gasteiger partial charge in [0.1, 0.15) is 0 Å². The highest BCUT2D eigenvalue weighted by atomic mass is 32.1. The van der Waals surface area contributed by atoms with Crippen LogP contribution in [0.5, 0.6) is 0 Å². The molecule has 0 aliphatic heterocycles. The lowest BCUT2D eigenvalue weighted by Gasteiger charge is -1.85. The van der Waals surface area contributed by atoms with Gasteiger partial charge >= 0.3 is 0 Å². The number of carbonyl (C=O) groups excluding carboxylic acids is 1. The summed E-state index contributed by atoms with van der Waals surface area (Å²) in [4.78, 5) is 9.82. The summed E-state index contributed by atoms with van der Waals surface area (Å²) in [6.45, 7) is 0. The molecule has 0 aliphatic rings. The Kier molecular flexibility index (Phi) is 1.69. The molecule has 3 N–H and O–H groups in total. The molecule has 1 rings (SSSR count). The predicted octanol–water partition coefficient (Wildman–Crippen LogP) is 0.699. The van der Waals surface area contributed by atoms with Crippen LogP contribution in [0.4, 0.5) is 10.7 Å². The Morgan fingerprint density at radius 1 is 1.89 bits per heavy atom. The van der Waals surface area contributed by atoms with Gasteiger partial charge in [-0.15, -0.1) is 11.3 Å². The lowest BCUT2D eigenvalue weighted by atomic mass is 10.5. The molecule has 1 radical (unpaired) electrons. The van der Waals surface area contributed by atoms with Crippen molar-refractivity contribution in [3.63, 3.8) is 0 Å². The molecule has 3 nitrogen and oxygen atoms in total. The zero-order valence-corrected chi connectivity index (χ0v) is 5.37. The predicted molar refractivity (Wildman–Crippen MR) is 37.3 cm³/mol. The van der Waals surface area contributed by atoms with Gasteiger partial charge in [-0.2, -0.15) is 0 Å². The van der Waals surface area contributed by atoms with Gasteiger partial charge in [0.2, 0.25) is 6.41 Å². The van der Waals surface area contributed by atoms with E-state index in [-0.39, 0.29) is 0 Å². The highest BCUT2D eigenvalue weighted by Crippen LogP contribution is 2.18. The smallest absolute Gasteiger partial charge is 0.211 e. The molecule has 0 saturated carbocycles. The number of nitrogens with one attached hydrogen (secondary N) is 1. The Bertz CT molecular complexity index is 208. The summed E-state index contributed by atoms with van der Waals surface area (Å²) < 4.78 is 0. The third-order valence-electron chi connectivity index (χ3n) is 0.780. The van der Waals surface area contributed by atoms with Crippen molar-refractivity contribution in [2.45, 2.75) is 0 Å². The lowest BCUT2D eigenvalue weighted by molar-refractivity contribution is -0.105. The fourth-order valence-corrected chi connectivity index (χ4v) is 0.972. The van der Waals surface area contributed by atoms with Gasteiger partial charge in [0.05, 0.1) is 16.1 Å². The van der Waals surface area contributed by atoms with Crippen LogP contribution in [0.3, 0.4) is 0 Å². The largest absolute Gasteiger partial charge is 0.391 e. The Balaban J connectivity index is 2.72. The minimum Gasteiger partial charge on any atom is -0.391 e. The van der Waals surface area contributed by atoms with E-state index in [1.54, 1.807) is 6.07 Å². The van der Waals surface area contributed by atoms with Crippen LogP contribution in [-0.2, 0) is 4.79 Å². The molecule has 0 bridgehead atoms. The highest BCUT2D eigenvalue weighted by Gasteiger charge is 1.92. The summed E-state index contributed by atoms with van der Waals surface area (Å²) in [5, 5.41) is 5.86. The second-order valence-corrected chi connectivity index (χ2v) is 2.31. The van der Waals surface area contributed by atoms with Crippen molar-refractivity contribution in [1.29, 1.82) is 0 Å². The van der Waals surface area contributed by atoms with Gasteiger partial charge in [-0.05, 0) is 6.07 Å². The Morgan fingerprint density at radius 2 is 2.67 bits per heavy atom. The minimum absolute atomic E-state index is 0.595. The standard InChI is InChI=1S/C5H5N2OS/c6-5-1-4(2-9-5)7-3-8/h1,3H,6H2,(H,7,8). The summed E-state index contributed by atoms with van der Waals surface area (Å²) in [5.41, 5.74) is 5.97. The molecule has 0 aromatic carbocycles. The molecule has 0 aliphatic carbocycles. The molecule has 0 fully saturated rings. The topological polar surface area (TPSA) is 55.1 Å². The molecule has 1 aromatic heterocycles. The van der Waals surface area contributed by atoms with Gasteiger partial charge < -0.3 is 11.1 Å². The van der Waals surface area contributed by atoms with E-state index >= 15 is 0 Å². The average molecular weight is 141 g/mol. The van der Waals surface area contributed by atoms with Crippen molar-refractivity contribution in [1.82, 2.24) is 0 Å². The fourth-order valence-electron chi connectivity index (χ4n) is 0.450. The third-order valence-corrected chi connectivity index (χ3v) is 1.46. The maximum absolute atomic E-state index is 9.82. The average Bonchev–Trinajstić information content (AvgIpc) is 2.17. The van der Waals surface area contributed by atoms with E-state index in [0.717, 1.165) is 0 Å². The maximum Gasteiger partial charge on any atom is 0.211 e. The van der Waals surface area contributed by atoms with Crippen molar-refractivity contribution in [2.75, 3.05) is 11.1 Å². The fraction of sp³-hybridized carbons (Fsp3) is 0. The summed E-state index contributed by atoms with van der Waals surface area (Å²) in [6.07, 6.45) is 0.595. The van der Waals surface area contributed by atoms with Crippen LogP contribution in [-0.4, -0.2) is 6.41 Å². The molecule has 0 atom stereocenters. The summed E-state index contributed by atoms with van der Waals surface area (Å²) in [6, 6.07) is 1.65. The number of hydrogen-bond acceptors (Lipinski definition) is 3. The lowest BCUT2D eigenvalue weighted by Crippen LogP contribution is -1.90. The number of amides is 1. The Morgan fingerprint density at radius 3 is 3.11 bits per heavy atom. The number of thiophene rings is 1. The Hall–Kier alpha value is -1.03. The molecule has 47 valence electrons. The zero-order valence-electron chi connectivity index (χ0n) is 4.55. The van der Waals surface area contributed by atoms with E-state index in [0.29, 0.717) is 17.1 Å². The highest BCUT2D eigenvalue weighted by molar-refractivity contribution is 7.13. The van der Waals surface area contributed by atoms with Crippen LogP contribution in [0.1, 0.15) is 0 Å². The van der Waals surface area contributed by atoms with Crippen LogP contribution in [0.25, 0.3) is 0 Å². The molecular weight excluding hydrogens is 136 g/mol. The molecular formula is C5H5N2OS. The maximum atomic E-state index is 9.82. The van der Waals surface area contributed by atoms with Crippen molar-refractivity contribution in [3.8, 4) is 0 Å². The molecule has 1 heterocycles. The number of nitrogen functional groups attached to an aromatic ring is 1. The van der Waals surface area contributed by atoms with E-state index in [9.17, 15) is 4.79 Å². The Labute approximate surface area is 56.5 Å². The first-order valence-electron chi connectivity index (χ1n) is 2.30. The SMILES string of the molecule is Nc1cc(NC=O)[c]s1. The van der Waals surface area contributed by atoms with Crippen LogP contribution >= 0.6 is 11.3 Å². The summed E-state index contributed by atoms with van der Waals surface area (Å²) >= 11 is 1.28. The second kappa shape index (κ2) is 2.50. The van der Waals surface area contributed by atoms with Crippen molar-refractivity contribution < 1.29 is 4.79 Å². The quantitative estimate of drug-likeness (QED) is 0.595. The van der Waals surface area contributed by atoms with Gasteiger partial charge in [-0.1, -0.05) is 0 Å². The second-order valence-electron chi connectivity index (χ2n) is 1.43. The van der Waals surface area contributed by atoms with E-state index in [1.807, 2.05) is 0 Å². The summed E-state index contributed by atoms with van der Waals surface area (Å²) in [7, 11) is 0. The van der Waals surface area contributed by atoms with Gasteiger partial charge in [0.25, 0.3) is 0 Å². The van der Waals surface area contributed by atoms with Crippen LogP contribution < -0.4 is 11.1 Å². The van der Waals surface area contributed by atoms with E-state index in [2.05, 4.69) is 10.7 Å². The number of hydrogen-bond donors (Lipinski definition) is 2. The monoisotopic (exact) mass is 141 g/mol. The van der Waals surface area contributed by atoms with E-state index in [1.165, 1.54) is 11.3 Å². The number of carbonyl (C=O) groups is 1. The van der Waals surface area contributed by atoms with Crippen LogP contribution in [0.15, 0.2) is 6.07 Å². The number of anilines is 2. The molecule has 1 amide bonds. The van der Waals surface area contributed by atoms with Crippen molar-refractivity contribution >= 4 is 28.4 Å². The van der Waals surface area contributed by atoms with Crippen LogP contribution in [0.2, 0.25) is 0 Å². The zero-order chi connectivity index (χ0) is 6.69. The van der Waals surface area contributed by atoms with Gasteiger partial charge in [0.15, 0.2) is 0 Å². The van der Waals surface area contributed by atoms with Crippen molar-refractivity contribution in [2.24, 2.45) is 0 Å². The molecule has 4 heteroatoms. The molecule has 0 spiro atoms.